The van der Waals surface area contributed by atoms with Gasteiger partial charge in [0.15, 0.2) is 0 Å². The molecule has 2 rings (SSSR count). The van der Waals surface area contributed by atoms with Crippen molar-refractivity contribution in [2.24, 2.45) is 5.41 Å². The minimum absolute atomic E-state index is 0.285. The van der Waals surface area contributed by atoms with Crippen LogP contribution in [0.4, 0.5) is 0 Å². The number of nitrogens with zero attached hydrogens (tertiary/aromatic N) is 1. The molecule has 0 aromatic carbocycles. The molecule has 1 saturated heterocycles. The van der Waals surface area contributed by atoms with Crippen LogP contribution in [0, 0.1) is 5.41 Å². The minimum atomic E-state index is 0.285. The summed E-state index contributed by atoms with van der Waals surface area (Å²) in [6.45, 7) is 8.10. The quantitative estimate of drug-likeness (QED) is 0.715. The number of hydrogen-bond donors (Lipinski definition) is 2. The van der Waals surface area contributed by atoms with Crippen molar-refractivity contribution < 1.29 is 5.11 Å². The number of aliphatic hydroxyl groups excluding tert-OH is 1. The second-order valence-corrected chi connectivity index (χ2v) is 5.84. The lowest BCUT2D eigenvalue weighted by Crippen LogP contribution is -2.46. The van der Waals surface area contributed by atoms with E-state index in [9.17, 15) is 5.11 Å². The van der Waals surface area contributed by atoms with Crippen LogP contribution in [0.5, 0.6) is 0 Å². The summed E-state index contributed by atoms with van der Waals surface area (Å²) in [6.07, 6.45) is 5.32. The van der Waals surface area contributed by atoms with Crippen molar-refractivity contribution in [1.29, 1.82) is 0 Å². The summed E-state index contributed by atoms with van der Waals surface area (Å²) < 4.78 is 0. The van der Waals surface area contributed by atoms with Crippen LogP contribution in [-0.4, -0.2) is 48.3 Å². The summed E-state index contributed by atoms with van der Waals surface area (Å²) in [4.78, 5) is 2.48. The zero-order chi connectivity index (χ0) is 11.6. The number of aliphatic hydroxyl groups is 1. The Morgan fingerprint density at radius 1 is 1.50 bits per heavy atom. The Hall–Kier alpha value is -0.120. The van der Waals surface area contributed by atoms with Gasteiger partial charge in [-0.05, 0) is 44.6 Å². The van der Waals surface area contributed by atoms with Gasteiger partial charge in [-0.15, -0.1) is 0 Å². The zero-order valence-electron chi connectivity index (χ0n) is 10.7. The molecule has 1 saturated carbocycles. The van der Waals surface area contributed by atoms with E-state index in [1.54, 1.807) is 0 Å². The Labute approximate surface area is 99.2 Å². The Balaban J connectivity index is 1.87. The molecule has 0 spiro atoms. The number of rotatable bonds is 6. The molecule has 0 aromatic rings. The molecule has 0 aromatic heterocycles. The third-order valence-corrected chi connectivity index (χ3v) is 4.60. The molecule has 2 N–H and O–H groups in total. The van der Waals surface area contributed by atoms with E-state index in [2.05, 4.69) is 24.1 Å². The van der Waals surface area contributed by atoms with Crippen LogP contribution in [0.25, 0.3) is 0 Å². The van der Waals surface area contributed by atoms with Gasteiger partial charge in [0.1, 0.15) is 0 Å². The predicted octanol–water partition coefficient (Wildman–Crippen LogP) is 1.22. The summed E-state index contributed by atoms with van der Waals surface area (Å²) in [7, 11) is 0. The van der Waals surface area contributed by atoms with E-state index in [1.807, 2.05) is 0 Å². The van der Waals surface area contributed by atoms with Crippen molar-refractivity contribution in [3.8, 4) is 0 Å². The second-order valence-electron chi connectivity index (χ2n) is 5.84. The van der Waals surface area contributed by atoms with Crippen LogP contribution in [0.1, 0.15) is 39.5 Å². The van der Waals surface area contributed by atoms with E-state index >= 15 is 0 Å². The van der Waals surface area contributed by atoms with Gasteiger partial charge in [0, 0.05) is 25.2 Å². The minimum Gasteiger partial charge on any atom is -0.395 e. The molecule has 3 heteroatoms. The maximum atomic E-state index is 9.18. The summed E-state index contributed by atoms with van der Waals surface area (Å²) in [6, 6.07) is 1.26. The Morgan fingerprint density at radius 3 is 2.75 bits per heavy atom. The van der Waals surface area contributed by atoms with Crippen LogP contribution in [-0.2, 0) is 0 Å². The molecule has 0 radical (unpaired) electrons. The average molecular weight is 226 g/mol. The molecule has 0 amide bonds. The molecule has 1 heterocycles. The first-order valence-corrected chi connectivity index (χ1v) is 6.74. The molecule has 1 aliphatic carbocycles. The van der Waals surface area contributed by atoms with Crippen molar-refractivity contribution in [2.45, 2.75) is 51.6 Å². The van der Waals surface area contributed by atoms with E-state index in [0.29, 0.717) is 17.5 Å². The van der Waals surface area contributed by atoms with E-state index in [4.69, 9.17) is 0 Å². The molecule has 2 aliphatic rings. The highest BCUT2D eigenvalue weighted by Crippen LogP contribution is 2.49. The van der Waals surface area contributed by atoms with Crippen LogP contribution in [0.2, 0.25) is 0 Å². The van der Waals surface area contributed by atoms with Crippen LogP contribution < -0.4 is 5.32 Å². The Bertz CT molecular complexity index is 222. The largest absolute Gasteiger partial charge is 0.395 e. The topological polar surface area (TPSA) is 35.5 Å². The van der Waals surface area contributed by atoms with Gasteiger partial charge in [0.25, 0.3) is 0 Å². The van der Waals surface area contributed by atoms with Crippen molar-refractivity contribution in [2.75, 3.05) is 26.2 Å². The van der Waals surface area contributed by atoms with Crippen LogP contribution in [0.15, 0.2) is 0 Å². The molecular weight excluding hydrogens is 200 g/mol. The van der Waals surface area contributed by atoms with Gasteiger partial charge in [-0.25, -0.2) is 0 Å². The number of nitrogens with one attached hydrogen (secondary N) is 1. The van der Waals surface area contributed by atoms with Gasteiger partial charge in [0.05, 0.1) is 6.61 Å². The maximum absolute atomic E-state index is 9.18. The molecular formula is C13H26N2O. The lowest BCUT2D eigenvalue weighted by atomic mass is 9.98. The van der Waals surface area contributed by atoms with Crippen molar-refractivity contribution >= 4 is 0 Å². The highest BCUT2D eigenvalue weighted by molar-refractivity contribution is 4.98. The average Bonchev–Trinajstić information content (AvgIpc) is 2.81. The lowest BCUT2D eigenvalue weighted by Gasteiger charge is -2.34. The molecule has 3 nitrogen and oxygen atoms in total. The van der Waals surface area contributed by atoms with Gasteiger partial charge in [0.2, 0.25) is 0 Å². The van der Waals surface area contributed by atoms with Gasteiger partial charge in [-0.3, -0.25) is 4.90 Å². The number of hydrogen-bond acceptors (Lipinski definition) is 3. The molecule has 2 fully saturated rings. The smallest absolute Gasteiger partial charge is 0.0558 e. The van der Waals surface area contributed by atoms with Crippen LogP contribution in [0.3, 0.4) is 0 Å². The molecule has 0 bridgehead atoms. The maximum Gasteiger partial charge on any atom is 0.0558 e. The van der Waals surface area contributed by atoms with Gasteiger partial charge in [-0.1, -0.05) is 6.92 Å². The van der Waals surface area contributed by atoms with Crippen molar-refractivity contribution in [1.82, 2.24) is 10.2 Å². The highest BCUT2D eigenvalue weighted by atomic mass is 16.3. The molecule has 1 aliphatic heterocycles. The highest BCUT2D eigenvalue weighted by Gasteiger charge is 2.45. The fourth-order valence-corrected chi connectivity index (χ4v) is 2.82. The van der Waals surface area contributed by atoms with Gasteiger partial charge in [-0.2, -0.15) is 0 Å². The third-order valence-electron chi connectivity index (χ3n) is 4.60. The fourth-order valence-electron chi connectivity index (χ4n) is 2.82. The van der Waals surface area contributed by atoms with Crippen molar-refractivity contribution in [3.63, 3.8) is 0 Å². The SMILES string of the molecule is CC(N(CCO)CC1CCCN1)C1(C)CC1. The Kier molecular flexibility index (Phi) is 3.88. The van der Waals surface area contributed by atoms with Crippen molar-refractivity contribution in [3.05, 3.63) is 0 Å². The summed E-state index contributed by atoms with van der Waals surface area (Å²) >= 11 is 0. The molecule has 2 unspecified atom stereocenters. The first-order chi connectivity index (χ1) is 7.65. The summed E-state index contributed by atoms with van der Waals surface area (Å²) in [5.41, 5.74) is 0.522. The normalized spacial score (nSPS) is 29.6. The molecule has 2 atom stereocenters. The van der Waals surface area contributed by atoms with Gasteiger partial charge < -0.3 is 10.4 Å². The second kappa shape index (κ2) is 5.03. The monoisotopic (exact) mass is 226 g/mol. The molecule has 16 heavy (non-hydrogen) atoms. The summed E-state index contributed by atoms with van der Waals surface area (Å²) in [5, 5.41) is 12.7. The lowest BCUT2D eigenvalue weighted by molar-refractivity contribution is 0.110. The van der Waals surface area contributed by atoms with E-state index in [0.717, 1.165) is 13.1 Å². The van der Waals surface area contributed by atoms with E-state index in [-0.39, 0.29) is 6.61 Å². The summed E-state index contributed by atoms with van der Waals surface area (Å²) in [5.74, 6) is 0. The van der Waals surface area contributed by atoms with E-state index < -0.39 is 0 Å². The van der Waals surface area contributed by atoms with Crippen LogP contribution >= 0.6 is 0 Å². The first-order valence-electron chi connectivity index (χ1n) is 6.74. The Morgan fingerprint density at radius 2 is 2.25 bits per heavy atom. The third kappa shape index (κ3) is 2.76. The zero-order valence-corrected chi connectivity index (χ0v) is 10.7. The standard InChI is InChI=1S/C13H26N2O/c1-11(13(2)5-6-13)15(8-9-16)10-12-4-3-7-14-12/h11-12,14,16H,3-10H2,1-2H3. The predicted molar refractivity (Wildman–Crippen MR) is 66.5 cm³/mol. The van der Waals surface area contributed by atoms with E-state index in [1.165, 1.54) is 32.2 Å². The van der Waals surface area contributed by atoms with Gasteiger partial charge >= 0.3 is 0 Å². The molecule has 94 valence electrons. The first kappa shape index (κ1) is 12.3. The fraction of sp³-hybridized carbons (Fsp3) is 1.00.